The zero-order chi connectivity index (χ0) is 13.1. The van der Waals surface area contributed by atoms with Gasteiger partial charge < -0.3 is 15.5 Å². The maximum Gasteiger partial charge on any atom is 0.0399 e. The Morgan fingerprint density at radius 3 is 2.63 bits per heavy atom. The van der Waals surface area contributed by atoms with E-state index in [0.717, 1.165) is 0 Å². The second kappa shape index (κ2) is 5.93. The Kier molecular flexibility index (Phi) is 4.04. The molecule has 0 aliphatic carbocycles. The third-order valence-electron chi connectivity index (χ3n) is 4.48. The first-order valence-electron chi connectivity index (χ1n) is 7.66. The van der Waals surface area contributed by atoms with Gasteiger partial charge in [0.25, 0.3) is 0 Å². The van der Waals surface area contributed by atoms with E-state index in [0.29, 0.717) is 6.54 Å². The monoisotopic (exact) mass is 259 g/mol. The number of benzene rings is 1. The van der Waals surface area contributed by atoms with E-state index in [1.807, 2.05) is 0 Å². The summed E-state index contributed by atoms with van der Waals surface area (Å²) >= 11 is 0. The molecule has 19 heavy (non-hydrogen) atoms. The van der Waals surface area contributed by atoms with Gasteiger partial charge in [0.15, 0.2) is 0 Å². The van der Waals surface area contributed by atoms with Crippen LogP contribution in [-0.2, 0) is 13.0 Å². The standard InChI is InChI=1S/C16H25N3/c17-13-14-5-6-16-15(12-14)4-3-9-19(16)11-10-18-7-1-2-8-18/h5-6,12H,1-4,7-11,13,17H2. The van der Waals surface area contributed by atoms with E-state index in [1.54, 1.807) is 0 Å². The molecule has 2 aliphatic rings. The number of aryl methyl sites for hydroxylation is 1. The quantitative estimate of drug-likeness (QED) is 0.897. The maximum atomic E-state index is 5.74. The van der Waals surface area contributed by atoms with Crippen molar-refractivity contribution < 1.29 is 0 Å². The van der Waals surface area contributed by atoms with Gasteiger partial charge in [-0.15, -0.1) is 0 Å². The lowest BCUT2D eigenvalue weighted by atomic mass is 9.99. The number of rotatable bonds is 4. The first-order valence-corrected chi connectivity index (χ1v) is 7.66. The number of nitrogens with zero attached hydrogens (tertiary/aromatic N) is 2. The zero-order valence-corrected chi connectivity index (χ0v) is 11.8. The average molecular weight is 259 g/mol. The smallest absolute Gasteiger partial charge is 0.0399 e. The molecule has 0 radical (unpaired) electrons. The summed E-state index contributed by atoms with van der Waals surface area (Å²) in [6.45, 7) is 6.86. The highest BCUT2D eigenvalue weighted by Crippen LogP contribution is 2.28. The normalized spacial score (nSPS) is 19.7. The highest BCUT2D eigenvalue weighted by Gasteiger charge is 2.18. The Morgan fingerprint density at radius 1 is 1.00 bits per heavy atom. The summed E-state index contributed by atoms with van der Waals surface area (Å²) < 4.78 is 0. The van der Waals surface area contributed by atoms with Crippen molar-refractivity contribution in [3.63, 3.8) is 0 Å². The SMILES string of the molecule is NCc1ccc2c(c1)CCCN2CCN1CCCC1. The summed E-state index contributed by atoms with van der Waals surface area (Å²) in [4.78, 5) is 5.17. The van der Waals surface area contributed by atoms with E-state index >= 15 is 0 Å². The Labute approximate surface area is 116 Å². The van der Waals surface area contributed by atoms with E-state index < -0.39 is 0 Å². The van der Waals surface area contributed by atoms with Crippen LogP contribution in [0.2, 0.25) is 0 Å². The third kappa shape index (κ3) is 2.93. The van der Waals surface area contributed by atoms with Crippen LogP contribution in [0, 0.1) is 0 Å². The Balaban J connectivity index is 1.67. The van der Waals surface area contributed by atoms with Crippen molar-refractivity contribution in [1.29, 1.82) is 0 Å². The van der Waals surface area contributed by atoms with Crippen LogP contribution in [0.1, 0.15) is 30.4 Å². The van der Waals surface area contributed by atoms with Gasteiger partial charge in [0.05, 0.1) is 0 Å². The minimum absolute atomic E-state index is 0.654. The molecule has 0 bridgehead atoms. The summed E-state index contributed by atoms with van der Waals surface area (Å²) in [5, 5.41) is 0. The molecular weight excluding hydrogens is 234 g/mol. The topological polar surface area (TPSA) is 32.5 Å². The minimum Gasteiger partial charge on any atom is -0.370 e. The first kappa shape index (κ1) is 12.9. The number of anilines is 1. The van der Waals surface area contributed by atoms with Crippen LogP contribution in [-0.4, -0.2) is 37.6 Å². The summed E-state index contributed by atoms with van der Waals surface area (Å²) in [5.74, 6) is 0. The van der Waals surface area contributed by atoms with Crippen molar-refractivity contribution in [3.8, 4) is 0 Å². The van der Waals surface area contributed by atoms with Gasteiger partial charge in [-0.25, -0.2) is 0 Å². The van der Waals surface area contributed by atoms with Crippen molar-refractivity contribution >= 4 is 5.69 Å². The molecule has 0 atom stereocenters. The Bertz CT molecular complexity index is 424. The predicted octanol–water partition coefficient (Wildman–Crippen LogP) is 1.99. The van der Waals surface area contributed by atoms with Gasteiger partial charge >= 0.3 is 0 Å². The zero-order valence-electron chi connectivity index (χ0n) is 11.8. The van der Waals surface area contributed by atoms with Crippen molar-refractivity contribution in [2.75, 3.05) is 37.6 Å². The lowest BCUT2D eigenvalue weighted by Crippen LogP contribution is -2.36. The molecule has 0 amide bonds. The highest BCUT2D eigenvalue weighted by molar-refractivity contribution is 5.56. The van der Waals surface area contributed by atoms with Crippen LogP contribution >= 0.6 is 0 Å². The van der Waals surface area contributed by atoms with E-state index in [4.69, 9.17) is 5.73 Å². The molecular formula is C16H25N3. The fraction of sp³-hybridized carbons (Fsp3) is 0.625. The molecule has 3 heteroatoms. The van der Waals surface area contributed by atoms with Crippen molar-refractivity contribution in [3.05, 3.63) is 29.3 Å². The van der Waals surface area contributed by atoms with Crippen LogP contribution in [0.5, 0.6) is 0 Å². The summed E-state index contributed by atoms with van der Waals surface area (Å²) in [7, 11) is 0. The summed E-state index contributed by atoms with van der Waals surface area (Å²) in [6, 6.07) is 6.77. The Morgan fingerprint density at radius 2 is 1.84 bits per heavy atom. The molecule has 0 aromatic heterocycles. The van der Waals surface area contributed by atoms with Gasteiger partial charge in [0.2, 0.25) is 0 Å². The number of likely N-dealkylation sites (tertiary alicyclic amines) is 1. The maximum absolute atomic E-state index is 5.74. The van der Waals surface area contributed by atoms with Crippen LogP contribution in [0.25, 0.3) is 0 Å². The van der Waals surface area contributed by atoms with E-state index in [1.165, 1.54) is 75.2 Å². The van der Waals surface area contributed by atoms with Crippen molar-refractivity contribution in [2.45, 2.75) is 32.2 Å². The molecule has 2 N–H and O–H groups in total. The third-order valence-corrected chi connectivity index (χ3v) is 4.48. The predicted molar refractivity (Wildman–Crippen MR) is 80.5 cm³/mol. The molecule has 0 unspecified atom stereocenters. The van der Waals surface area contributed by atoms with E-state index in [-0.39, 0.29) is 0 Å². The van der Waals surface area contributed by atoms with Crippen LogP contribution < -0.4 is 10.6 Å². The fourth-order valence-corrected chi connectivity index (χ4v) is 3.36. The molecule has 104 valence electrons. The van der Waals surface area contributed by atoms with Crippen molar-refractivity contribution in [1.82, 2.24) is 4.90 Å². The molecule has 3 rings (SSSR count). The highest BCUT2D eigenvalue weighted by atomic mass is 15.2. The van der Waals surface area contributed by atoms with Gasteiger partial charge in [0, 0.05) is 31.9 Å². The average Bonchev–Trinajstić information content (AvgIpc) is 2.97. The molecule has 2 aliphatic heterocycles. The van der Waals surface area contributed by atoms with Crippen molar-refractivity contribution in [2.24, 2.45) is 5.73 Å². The number of hydrogen-bond donors (Lipinski definition) is 1. The summed E-state index contributed by atoms with van der Waals surface area (Å²) in [6.07, 6.45) is 5.26. The summed E-state index contributed by atoms with van der Waals surface area (Å²) in [5.41, 5.74) is 9.95. The lowest BCUT2D eigenvalue weighted by molar-refractivity contribution is 0.343. The number of nitrogens with two attached hydrogens (primary N) is 1. The van der Waals surface area contributed by atoms with Gasteiger partial charge in [-0.3, -0.25) is 0 Å². The molecule has 2 heterocycles. The molecule has 3 nitrogen and oxygen atoms in total. The van der Waals surface area contributed by atoms with Crippen LogP contribution in [0.15, 0.2) is 18.2 Å². The molecule has 1 fully saturated rings. The Hall–Kier alpha value is -1.06. The van der Waals surface area contributed by atoms with E-state index in [2.05, 4.69) is 28.0 Å². The number of fused-ring (bicyclic) bond motifs is 1. The van der Waals surface area contributed by atoms with Gasteiger partial charge in [0.1, 0.15) is 0 Å². The van der Waals surface area contributed by atoms with Crippen LogP contribution in [0.4, 0.5) is 5.69 Å². The van der Waals surface area contributed by atoms with Gasteiger partial charge in [-0.05, 0) is 56.0 Å². The molecule has 0 saturated carbocycles. The lowest BCUT2D eigenvalue weighted by Gasteiger charge is -2.33. The molecule has 0 spiro atoms. The van der Waals surface area contributed by atoms with Crippen LogP contribution in [0.3, 0.4) is 0 Å². The largest absolute Gasteiger partial charge is 0.370 e. The van der Waals surface area contributed by atoms with Gasteiger partial charge in [-0.1, -0.05) is 12.1 Å². The van der Waals surface area contributed by atoms with Gasteiger partial charge in [-0.2, -0.15) is 0 Å². The molecule has 1 saturated heterocycles. The molecule has 1 aromatic carbocycles. The molecule has 1 aromatic rings. The fourth-order valence-electron chi connectivity index (χ4n) is 3.36. The minimum atomic E-state index is 0.654. The second-order valence-electron chi connectivity index (χ2n) is 5.81. The second-order valence-corrected chi connectivity index (χ2v) is 5.81. The number of hydrogen-bond acceptors (Lipinski definition) is 3. The van der Waals surface area contributed by atoms with E-state index in [9.17, 15) is 0 Å². The first-order chi connectivity index (χ1) is 9.36.